The van der Waals surface area contributed by atoms with Crippen LogP contribution < -0.4 is 0 Å². The molecule has 0 aliphatic rings. The van der Waals surface area contributed by atoms with Gasteiger partial charge in [0, 0.05) is 0 Å². The van der Waals surface area contributed by atoms with Gasteiger partial charge in [0.1, 0.15) is 0 Å². The van der Waals surface area contributed by atoms with Gasteiger partial charge >= 0.3 is 66.3 Å². The second-order valence-corrected chi connectivity index (χ2v) is 0. The molecule has 0 unspecified atom stereocenters. The van der Waals surface area contributed by atoms with Gasteiger partial charge in [-0.05, 0) is 0 Å². The Kier molecular flexibility index (Phi) is 1990. The van der Waals surface area contributed by atoms with Gasteiger partial charge in [0.15, 0.2) is 0 Å². The first-order chi connectivity index (χ1) is 0. The molecule has 0 amide bonds. The molecule has 0 saturated carbocycles. The Morgan fingerprint density at radius 1 is 0.571 bits per heavy atom. The Balaban J connectivity index is 0. The van der Waals surface area contributed by atoms with Gasteiger partial charge in [0.05, 0.1) is 0 Å². The predicted molar refractivity (Wildman–Crippen MR) is 8.50 cm³/mol. The molecule has 1 radical (unpaired) electrons. The summed E-state index contributed by atoms with van der Waals surface area (Å²) in [6, 6.07) is 0. The van der Waals surface area contributed by atoms with Crippen LogP contribution in [0.4, 0.5) is 0 Å². The molecule has 0 aromatic heterocycles. The molecule has 0 rings (SSSR count). The summed E-state index contributed by atoms with van der Waals surface area (Å²) >= 11 is 0. The van der Waals surface area contributed by atoms with Gasteiger partial charge < -0.3 is 21.9 Å². The average Bonchev–Trinajstić information content (AvgIpc) is 0. The Morgan fingerprint density at radius 2 is 0.571 bits per heavy atom. The Bertz CT molecular complexity index is 11.7. The molecule has 0 N–H and O–H groups in total. The standard InChI is InChI=1S/Mg.Mn.4O.Zr/q2*+2;4*-2;+4. The third kappa shape index (κ3) is 71.7. The van der Waals surface area contributed by atoms with E-state index < -0.39 is 0 Å². The van der Waals surface area contributed by atoms with Gasteiger partial charge in [-0.1, -0.05) is 0 Å². The third-order valence-electron chi connectivity index (χ3n) is 0. The Labute approximate surface area is 87.4 Å². The first-order valence-electron chi connectivity index (χ1n) is 0. The van der Waals surface area contributed by atoms with E-state index >= 15 is 0 Å². The summed E-state index contributed by atoms with van der Waals surface area (Å²) in [6.45, 7) is 0. The summed E-state index contributed by atoms with van der Waals surface area (Å²) in [7, 11) is 0. The van der Waals surface area contributed by atoms with Crippen LogP contribution in [0.2, 0.25) is 0 Å². The minimum Gasteiger partial charge on any atom is -2.00 e. The van der Waals surface area contributed by atoms with Crippen LogP contribution in [-0.2, 0) is 65.2 Å². The molecule has 0 aromatic carbocycles. The van der Waals surface area contributed by atoms with Crippen LogP contribution in [0, 0.1) is 0 Å². The summed E-state index contributed by atoms with van der Waals surface area (Å²) in [5.74, 6) is 0. The van der Waals surface area contributed by atoms with Gasteiger partial charge in [-0.3, -0.25) is 0 Å². The normalized spacial score (nSPS) is 0. The minimum absolute atomic E-state index is 0. The van der Waals surface area contributed by atoms with Crippen molar-refractivity contribution in [3.63, 3.8) is 0 Å². The van der Waals surface area contributed by atoms with E-state index in [1.165, 1.54) is 0 Å². The summed E-state index contributed by atoms with van der Waals surface area (Å²) in [6.07, 6.45) is 0. The van der Waals surface area contributed by atoms with E-state index in [4.69, 9.17) is 0 Å². The van der Waals surface area contributed by atoms with E-state index in [0.29, 0.717) is 0 Å². The van der Waals surface area contributed by atoms with Crippen LogP contribution in [-0.4, -0.2) is 23.1 Å². The van der Waals surface area contributed by atoms with Crippen molar-refractivity contribution < 1.29 is 65.2 Å². The molecular formula is MgMnO4Zr. The van der Waals surface area contributed by atoms with Crippen molar-refractivity contribution in [1.82, 2.24) is 0 Å². The molecule has 0 bridgehead atoms. The molecule has 0 heterocycles. The van der Waals surface area contributed by atoms with E-state index in [0.717, 1.165) is 0 Å². The number of rotatable bonds is 0. The molecule has 4 nitrogen and oxygen atoms in total. The predicted octanol–water partition coefficient (Wildman–Crippen LogP) is -0.861. The number of hydrogen-bond donors (Lipinski definition) is 0. The first-order valence-corrected chi connectivity index (χ1v) is 0. The molecule has 37 valence electrons. The van der Waals surface area contributed by atoms with Gasteiger partial charge in [-0.2, -0.15) is 0 Å². The Hall–Kier alpha value is 2.01. The summed E-state index contributed by atoms with van der Waals surface area (Å²) in [5, 5.41) is 0. The molecule has 0 aliphatic heterocycles. The fourth-order valence-electron chi connectivity index (χ4n) is 0. The molecule has 0 aromatic rings. The second-order valence-electron chi connectivity index (χ2n) is 0. The van der Waals surface area contributed by atoms with Gasteiger partial charge in [0.2, 0.25) is 0 Å². The van der Waals surface area contributed by atoms with Crippen LogP contribution in [0.5, 0.6) is 0 Å². The van der Waals surface area contributed by atoms with Crippen molar-refractivity contribution in [3.8, 4) is 0 Å². The minimum atomic E-state index is 0. The van der Waals surface area contributed by atoms with Crippen LogP contribution in [0.25, 0.3) is 0 Å². The maximum absolute atomic E-state index is 0. The van der Waals surface area contributed by atoms with E-state index in [1.807, 2.05) is 0 Å². The van der Waals surface area contributed by atoms with Crippen LogP contribution >= 0.6 is 0 Å². The average molecular weight is 234 g/mol. The van der Waals surface area contributed by atoms with E-state index in [-0.39, 0.29) is 88.2 Å². The van der Waals surface area contributed by atoms with Crippen molar-refractivity contribution in [3.05, 3.63) is 0 Å². The molecule has 0 atom stereocenters. The molecular weight excluding hydrogens is 234 g/mol. The van der Waals surface area contributed by atoms with Gasteiger partial charge in [-0.15, -0.1) is 0 Å². The van der Waals surface area contributed by atoms with Crippen molar-refractivity contribution >= 4 is 23.1 Å². The Morgan fingerprint density at radius 3 is 0.571 bits per heavy atom. The second kappa shape index (κ2) is 97.5. The van der Waals surface area contributed by atoms with Crippen molar-refractivity contribution in [2.45, 2.75) is 0 Å². The molecule has 7 heteroatoms. The number of hydrogen-bond acceptors (Lipinski definition) is 0. The van der Waals surface area contributed by atoms with Crippen LogP contribution in [0.3, 0.4) is 0 Å². The zero-order valence-corrected chi connectivity index (χ0v) is 8.27. The quantitative estimate of drug-likeness (QED) is 0.485. The monoisotopic (exact) mass is 233 g/mol. The fourth-order valence-corrected chi connectivity index (χ4v) is 0. The van der Waals surface area contributed by atoms with Crippen molar-refractivity contribution in [2.75, 3.05) is 0 Å². The van der Waals surface area contributed by atoms with Crippen LogP contribution in [0.15, 0.2) is 0 Å². The molecule has 0 spiro atoms. The van der Waals surface area contributed by atoms with Crippen molar-refractivity contribution in [1.29, 1.82) is 0 Å². The SMILES string of the molecule is [Mg+2].[Mn+2].[O-2].[O-2].[O-2].[O-2].[Zr+4]. The van der Waals surface area contributed by atoms with Gasteiger partial charge in [0.25, 0.3) is 0 Å². The van der Waals surface area contributed by atoms with E-state index in [1.54, 1.807) is 0 Å². The molecule has 0 aliphatic carbocycles. The molecule has 0 saturated heterocycles. The zero-order valence-electron chi connectivity index (χ0n) is 3.22. The fraction of sp³-hybridized carbons (Fsp3) is 0. The molecule has 0 fully saturated rings. The largest absolute Gasteiger partial charge is 4.00 e. The van der Waals surface area contributed by atoms with E-state index in [9.17, 15) is 0 Å². The van der Waals surface area contributed by atoms with Gasteiger partial charge in [-0.25, -0.2) is 0 Å². The zero-order chi connectivity index (χ0) is 0. The summed E-state index contributed by atoms with van der Waals surface area (Å²) in [4.78, 5) is 0. The molecule has 7 heavy (non-hydrogen) atoms. The summed E-state index contributed by atoms with van der Waals surface area (Å²) < 4.78 is 0. The first kappa shape index (κ1) is 143. The summed E-state index contributed by atoms with van der Waals surface area (Å²) in [5.41, 5.74) is 0. The smallest absolute Gasteiger partial charge is 2.00 e. The third-order valence-corrected chi connectivity index (χ3v) is 0. The van der Waals surface area contributed by atoms with Crippen molar-refractivity contribution in [2.24, 2.45) is 0 Å². The van der Waals surface area contributed by atoms with Crippen LogP contribution in [0.1, 0.15) is 0 Å². The topological polar surface area (TPSA) is 114 Å². The maximum atomic E-state index is 0. The van der Waals surface area contributed by atoms with E-state index in [2.05, 4.69) is 0 Å². The maximum Gasteiger partial charge on any atom is 4.00 e.